The molecule has 0 radical (unpaired) electrons. The van der Waals surface area contributed by atoms with Crippen molar-refractivity contribution >= 4 is 7.62 Å². The van der Waals surface area contributed by atoms with Gasteiger partial charge in [0, 0.05) is 13.7 Å². The van der Waals surface area contributed by atoms with Crippen molar-refractivity contribution in [1.29, 1.82) is 0 Å². The molecule has 1 heterocycles. The van der Waals surface area contributed by atoms with Crippen molar-refractivity contribution in [2.24, 2.45) is 0 Å². The summed E-state index contributed by atoms with van der Waals surface area (Å²) >= 11 is 0. The van der Waals surface area contributed by atoms with Gasteiger partial charge in [-0.15, -0.1) is 0 Å². The van der Waals surface area contributed by atoms with Gasteiger partial charge in [0.15, 0.2) is 0 Å². The molecule has 0 saturated carbocycles. The molecule has 1 aromatic rings. The van der Waals surface area contributed by atoms with E-state index in [1.165, 1.54) is 24.8 Å². The van der Waals surface area contributed by atoms with Crippen LogP contribution in [0.2, 0.25) is 0 Å². The van der Waals surface area contributed by atoms with Gasteiger partial charge in [-0.2, -0.15) is 0 Å². The lowest BCUT2D eigenvalue weighted by Gasteiger charge is -2.22. The predicted molar refractivity (Wildman–Crippen MR) is 90.1 cm³/mol. The van der Waals surface area contributed by atoms with E-state index in [2.05, 4.69) is 17.4 Å². The average molecular weight is 305 g/mol. The Hall–Kier alpha value is -0.875. The van der Waals surface area contributed by atoms with Crippen LogP contribution in [0.15, 0.2) is 24.3 Å². The molecule has 1 aromatic carbocycles. The standard InChI is InChI=1S/C17H28BNO3/c1-21-18-19-11-10-17(20)15-6-4-5-14(13-15)8-9-16-7-2-3-12-22-16/h4-6,13,16-20H,2-3,7-12H2,1H3. The Labute approximate surface area is 134 Å². The fourth-order valence-electron chi connectivity index (χ4n) is 2.90. The zero-order chi connectivity index (χ0) is 15.6. The smallest absolute Gasteiger partial charge is 0.360 e. The van der Waals surface area contributed by atoms with Gasteiger partial charge in [0.05, 0.1) is 12.2 Å². The fraction of sp³-hybridized carbons (Fsp3) is 0.647. The lowest BCUT2D eigenvalue weighted by Crippen LogP contribution is -2.23. The first-order valence-electron chi connectivity index (χ1n) is 8.37. The number of aliphatic hydroxyl groups excluding tert-OH is 1. The molecule has 1 fully saturated rings. The number of hydrogen-bond donors (Lipinski definition) is 2. The molecule has 0 spiro atoms. The van der Waals surface area contributed by atoms with E-state index in [0.29, 0.717) is 20.1 Å². The summed E-state index contributed by atoms with van der Waals surface area (Å²) in [6.45, 7) is 1.66. The Balaban J connectivity index is 1.78. The van der Waals surface area contributed by atoms with E-state index in [9.17, 15) is 5.11 Å². The largest absolute Gasteiger partial charge is 0.427 e. The minimum absolute atomic E-state index is 0.417. The molecule has 0 bridgehead atoms. The summed E-state index contributed by atoms with van der Waals surface area (Å²) < 4.78 is 10.7. The average Bonchev–Trinajstić information content (AvgIpc) is 2.58. The number of rotatable bonds is 9. The van der Waals surface area contributed by atoms with E-state index in [4.69, 9.17) is 9.39 Å². The van der Waals surface area contributed by atoms with Crippen LogP contribution in [0.1, 0.15) is 49.3 Å². The van der Waals surface area contributed by atoms with Crippen LogP contribution >= 0.6 is 0 Å². The van der Waals surface area contributed by atoms with Crippen LogP contribution in [0, 0.1) is 0 Å². The highest BCUT2D eigenvalue weighted by molar-refractivity contribution is 6.23. The van der Waals surface area contributed by atoms with Crippen LogP contribution in [-0.2, 0) is 15.8 Å². The van der Waals surface area contributed by atoms with Crippen LogP contribution in [0.4, 0.5) is 0 Å². The minimum Gasteiger partial charge on any atom is -0.427 e. The molecule has 0 aliphatic carbocycles. The second-order valence-electron chi connectivity index (χ2n) is 6.01. The van der Waals surface area contributed by atoms with E-state index in [-0.39, 0.29) is 0 Å². The van der Waals surface area contributed by atoms with Crippen LogP contribution in [0.25, 0.3) is 0 Å². The van der Waals surface area contributed by atoms with E-state index >= 15 is 0 Å². The molecule has 1 aliphatic heterocycles. The Morgan fingerprint density at radius 2 is 2.36 bits per heavy atom. The number of ether oxygens (including phenoxy) is 1. The third kappa shape index (κ3) is 6.09. The summed E-state index contributed by atoms with van der Waals surface area (Å²) in [6.07, 6.45) is 6.47. The molecule has 4 nitrogen and oxygen atoms in total. The first-order chi connectivity index (χ1) is 10.8. The number of hydrogen-bond acceptors (Lipinski definition) is 4. The minimum atomic E-state index is -0.421. The molecule has 1 aliphatic rings. The predicted octanol–water partition coefficient (Wildman–Crippen LogP) is 2.11. The highest BCUT2D eigenvalue weighted by atomic mass is 16.5. The second kappa shape index (κ2) is 10.0. The van der Waals surface area contributed by atoms with Gasteiger partial charge in [-0.1, -0.05) is 24.3 Å². The van der Waals surface area contributed by atoms with E-state index in [0.717, 1.165) is 31.6 Å². The van der Waals surface area contributed by atoms with Crippen LogP contribution in [0.3, 0.4) is 0 Å². The third-order valence-electron chi connectivity index (χ3n) is 4.21. The summed E-state index contributed by atoms with van der Waals surface area (Å²) in [5.74, 6) is 0. The zero-order valence-corrected chi connectivity index (χ0v) is 13.6. The summed E-state index contributed by atoms with van der Waals surface area (Å²) in [4.78, 5) is 0. The molecule has 122 valence electrons. The third-order valence-corrected chi connectivity index (χ3v) is 4.21. The monoisotopic (exact) mass is 305 g/mol. The van der Waals surface area contributed by atoms with E-state index in [1.54, 1.807) is 7.11 Å². The van der Waals surface area contributed by atoms with E-state index < -0.39 is 6.10 Å². The first kappa shape index (κ1) is 17.5. The Bertz CT molecular complexity index is 424. The normalized spacial score (nSPS) is 19.8. The maximum absolute atomic E-state index is 10.3. The maximum Gasteiger partial charge on any atom is 0.360 e. The molecule has 2 atom stereocenters. The molecular formula is C17H28BNO3. The van der Waals surface area contributed by atoms with Crippen molar-refractivity contribution in [2.75, 3.05) is 20.3 Å². The molecule has 2 unspecified atom stereocenters. The van der Waals surface area contributed by atoms with Gasteiger partial charge in [-0.05, 0) is 56.2 Å². The van der Waals surface area contributed by atoms with E-state index in [1.807, 2.05) is 12.1 Å². The topological polar surface area (TPSA) is 50.7 Å². The molecular weight excluding hydrogens is 277 g/mol. The fourth-order valence-corrected chi connectivity index (χ4v) is 2.90. The highest BCUT2D eigenvalue weighted by Crippen LogP contribution is 2.21. The number of nitrogens with one attached hydrogen (secondary N) is 1. The lowest BCUT2D eigenvalue weighted by atomic mass is 9.98. The van der Waals surface area contributed by atoms with Gasteiger partial charge in [0.2, 0.25) is 0 Å². The molecule has 0 aromatic heterocycles. The molecule has 22 heavy (non-hydrogen) atoms. The van der Waals surface area contributed by atoms with Crippen molar-refractivity contribution in [3.05, 3.63) is 35.4 Å². The van der Waals surface area contributed by atoms with Crippen molar-refractivity contribution in [3.8, 4) is 0 Å². The zero-order valence-electron chi connectivity index (χ0n) is 13.6. The Kier molecular flexibility index (Phi) is 7.95. The SMILES string of the molecule is COBNCCC(O)c1cccc(CCC2CCCCO2)c1. The summed E-state index contributed by atoms with van der Waals surface area (Å²) in [5.41, 5.74) is 2.29. The van der Waals surface area contributed by atoms with Crippen LogP contribution < -0.4 is 5.23 Å². The molecule has 2 rings (SSSR count). The van der Waals surface area contributed by atoms with Gasteiger partial charge in [-0.3, -0.25) is 0 Å². The second-order valence-corrected chi connectivity index (χ2v) is 6.01. The number of aliphatic hydroxyl groups is 1. The molecule has 5 heteroatoms. The quantitative estimate of drug-likeness (QED) is 0.542. The summed E-state index contributed by atoms with van der Waals surface area (Å²) in [7, 11) is 2.18. The van der Waals surface area contributed by atoms with Crippen LogP contribution in [-0.4, -0.2) is 39.1 Å². The van der Waals surface area contributed by atoms with Gasteiger partial charge >= 0.3 is 7.62 Å². The lowest BCUT2D eigenvalue weighted by molar-refractivity contribution is 0.0115. The number of aryl methyl sites for hydroxylation is 1. The van der Waals surface area contributed by atoms with Gasteiger partial charge < -0.3 is 19.7 Å². The van der Waals surface area contributed by atoms with Gasteiger partial charge in [0.1, 0.15) is 0 Å². The van der Waals surface area contributed by atoms with Gasteiger partial charge in [-0.25, -0.2) is 0 Å². The molecule has 1 saturated heterocycles. The Morgan fingerprint density at radius 1 is 1.45 bits per heavy atom. The van der Waals surface area contributed by atoms with Crippen LogP contribution in [0.5, 0.6) is 0 Å². The van der Waals surface area contributed by atoms with Crippen molar-refractivity contribution in [3.63, 3.8) is 0 Å². The highest BCUT2D eigenvalue weighted by Gasteiger charge is 2.14. The van der Waals surface area contributed by atoms with Crippen molar-refractivity contribution in [1.82, 2.24) is 5.23 Å². The van der Waals surface area contributed by atoms with Gasteiger partial charge in [0.25, 0.3) is 0 Å². The maximum atomic E-state index is 10.3. The van der Waals surface area contributed by atoms with Crippen molar-refractivity contribution in [2.45, 2.75) is 50.7 Å². The van der Waals surface area contributed by atoms with Crippen molar-refractivity contribution < 1.29 is 14.5 Å². The summed E-state index contributed by atoms with van der Waals surface area (Å²) in [6, 6.07) is 8.31. The molecule has 0 amide bonds. The summed E-state index contributed by atoms with van der Waals surface area (Å²) in [5, 5.41) is 13.4. The molecule has 2 N–H and O–H groups in total. The Morgan fingerprint density at radius 3 is 3.14 bits per heavy atom. The number of benzene rings is 1. The first-order valence-corrected chi connectivity index (χ1v) is 8.37.